The molecule has 3 rings (SSSR count). The van der Waals surface area contributed by atoms with Gasteiger partial charge >= 0.3 is 0 Å². The summed E-state index contributed by atoms with van der Waals surface area (Å²) in [6.45, 7) is 3.03. The molecule has 0 saturated heterocycles. The fourth-order valence-electron chi connectivity index (χ4n) is 2.28. The number of hydrogen-bond donors (Lipinski definition) is 1. The number of ether oxygens (including phenoxy) is 2. The molecule has 1 N–H and O–H groups in total. The van der Waals surface area contributed by atoms with Gasteiger partial charge in [-0.05, 0) is 19.1 Å². The van der Waals surface area contributed by atoms with E-state index in [0.717, 1.165) is 6.42 Å². The van der Waals surface area contributed by atoms with Gasteiger partial charge in [0.2, 0.25) is 11.8 Å². The molecule has 24 heavy (non-hydrogen) atoms. The number of aromatic nitrogens is 3. The first-order chi connectivity index (χ1) is 11.5. The molecule has 0 spiro atoms. The van der Waals surface area contributed by atoms with Gasteiger partial charge < -0.3 is 9.47 Å². The quantitative estimate of drug-likeness (QED) is 0.837. The molecule has 0 bridgehead atoms. The summed E-state index contributed by atoms with van der Waals surface area (Å²) in [6.07, 6.45) is 3.48. The second kappa shape index (κ2) is 6.48. The lowest BCUT2D eigenvalue weighted by Crippen LogP contribution is -2.31. The molecule has 9 nitrogen and oxygen atoms in total. The largest absolute Gasteiger partial charge is 0.477 e. The lowest BCUT2D eigenvalue weighted by molar-refractivity contribution is 0.0975. The molecule has 1 aliphatic heterocycles. The Balaban J connectivity index is 1.87. The lowest BCUT2D eigenvalue weighted by Gasteiger charge is -2.16. The number of amides is 1. The summed E-state index contributed by atoms with van der Waals surface area (Å²) < 4.78 is 39.1. The molecule has 0 aromatic carbocycles. The van der Waals surface area contributed by atoms with Crippen LogP contribution in [0.4, 0.5) is 0 Å². The SMILES string of the molecule is CCOc1ncccc1S(=O)(=O)NC(=O)c1cnn2c1OCCC2. The second-order valence-corrected chi connectivity index (χ2v) is 6.61. The highest BCUT2D eigenvalue weighted by molar-refractivity contribution is 7.90. The topological polar surface area (TPSA) is 112 Å². The van der Waals surface area contributed by atoms with Crippen LogP contribution in [0.25, 0.3) is 0 Å². The Bertz CT molecular complexity index is 862. The number of rotatable bonds is 5. The maximum Gasteiger partial charge on any atom is 0.272 e. The van der Waals surface area contributed by atoms with E-state index in [-0.39, 0.29) is 28.8 Å². The standard InChI is InChI=1S/C14H16N4O5S/c1-2-22-13-11(5-3-6-15-13)24(20,21)17-12(19)10-9-16-18-7-4-8-23-14(10)18/h3,5-6,9H,2,4,7-8H2,1H3,(H,17,19). The average Bonchev–Trinajstić information content (AvgIpc) is 2.99. The maximum atomic E-state index is 12.5. The first kappa shape index (κ1) is 16.2. The third-order valence-electron chi connectivity index (χ3n) is 3.32. The fourth-order valence-corrected chi connectivity index (χ4v) is 3.35. The van der Waals surface area contributed by atoms with Crippen molar-refractivity contribution in [3.8, 4) is 11.8 Å². The minimum atomic E-state index is -4.14. The second-order valence-electron chi connectivity index (χ2n) is 4.96. The van der Waals surface area contributed by atoms with Crippen molar-refractivity contribution >= 4 is 15.9 Å². The van der Waals surface area contributed by atoms with Crippen LogP contribution in [0.1, 0.15) is 23.7 Å². The number of sulfonamides is 1. The molecule has 0 unspecified atom stereocenters. The van der Waals surface area contributed by atoms with Gasteiger partial charge in [-0.2, -0.15) is 5.10 Å². The minimum Gasteiger partial charge on any atom is -0.477 e. The summed E-state index contributed by atoms with van der Waals surface area (Å²) in [5.41, 5.74) is 0.0696. The summed E-state index contributed by atoms with van der Waals surface area (Å²) in [7, 11) is -4.14. The number of carbonyl (C=O) groups excluding carboxylic acids is 1. The van der Waals surface area contributed by atoms with E-state index in [0.29, 0.717) is 13.2 Å². The van der Waals surface area contributed by atoms with Crippen LogP contribution in [-0.2, 0) is 16.6 Å². The van der Waals surface area contributed by atoms with Crippen molar-refractivity contribution in [2.75, 3.05) is 13.2 Å². The third-order valence-corrected chi connectivity index (χ3v) is 4.67. The van der Waals surface area contributed by atoms with Crippen LogP contribution >= 0.6 is 0 Å². The number of carbonyl (C=O) groups is 1. The number of pyridine rings is 1. The molecule has 0 aliphatic carbocycles. The van der Waals surface area contributed by atoms with Gasteiger partial charge in [0.05, 0.1) is 19.4 Å². The first-order valence-corrected chi connectivity index (χ1v) is 8.85. The Morgan fingerprint density at radius 1 is 1.50 bits per heavy atom. The van der Waals surface area contributed by atoms with E-state index in [9.17, 15) is 13.2 Å². The van der Waals surface area contributed by atoms with Crippen LogP contribution in [0.3, 0.4) is 0 Å². The summed E-state index contributed by atoms with van der Waals surface area (Å²) >= 11 is 0. The molecule has 0 atom stereocenters. The Morgan fingerprint density at radius 3 is 3.12 bits per heavy atom. The number of fused-ring (bicyclic) bond motifs is 1. The van der Waals surface area contributed by atoms with Crippen molar-refractivity contribution in [1.29, 1.82) is 0 Å². The molecule has 1 aliphatic rings. The lowest BCUT2D eigenvalue weighted by atomic mass is 10.3. The van der Waals surface area contributed by atoms with Gasteiger partial charge in [0.15, 0.2) is 0 Å². The highest BCUT2D eigenvalue weighted by atomic mass is 32.2. The summed E-state index contributed by atoms with van der Waals surface area (Å²) in [6, 6.07) is 2.77. The first-order valence-electron chi connectivity index (χ1n) is 7.36. The van der Waals surface area contributed by atoms with Crippen molar-refractivity contribution in [2.24, 2.45) is 0 Å². The Kier molecular flexibility index (Phi) is 4.38. The van der Waals surface area contributed by atoms with E-state index in [1.54, 1.807) is 6.92 Å². The number of nitrogens with zero attached hydrogens (tertiary/aromatic N) is 3. The van der Waals surface area contributed by atoms with Gasteiger partial charge in [-0.1, -0.05) is 0 Å². The Labute approximate surface area is 138 Å². The summed E-state index contributed by atoms with van der Waals surface area (Å²) in [5.74, 6) is -0.608. The van der Waals surface area contributed by atoms with E-state index < -0.39 is 15.9 Å². The Hall–Kier alpha value is -2.62. The van der Waals surface area contributed by atoms with E-state index in [4.69, 9.17) is 9.47 Å². The van der Waals surface area contributed by atoms with Crippen molar-refractivity contribution in [3.05, 3.63) is 30.1 Å². The van der Waals surface area contributed by atoms with Gasteiger partial charge in [-0.3, -0.25) is 4.79 Å². The zero-order valence-electron chi connectivity index (χ0n) is 12.9. The molecule has 0 saturated carbocycles. The van der Waals surface area contributed by atoms with Crippen molar-refractivity contribution in [1.82, 2.24) is 19.5 Å². The molecule has 1 amide bonds. The predicted octanol–water partition coefficient (Wildman–Crippen LogP) is 0.578. The van der Waals surface area contributed by atoms with E-state index in [1.807, 2.05) is 4.72 Å². The Morgan fingerprint density at radius 2 is 2.33 bits per heavy atom. The zero-order valence-corrected chi connectivity index (χ0v) is 13.7. The number of hydrogen-bond acceptors (Lipinski definition) is 7. The van der Waals surface area contributed by atoms with Crippen LogP contribution in [0.2, 0.25) is 0 Å². The molecule has 2 aromatic rings. The minimum absolute atomic E-state index is 0.0615. The van der Waals surface area contributed by atoms with Crippen molar-refractivity contribution in [3.63, 3.8) is 0 Å². The van der Waals surface area contributed by atoms with E-state index in [2.05, 4.69) is 10.1 Å². The summed E-state index contributed by atoms with van der Waals surface area (Å²) in [5, 5.41) is 4.03. The molecular formula is C14H16N4O5S. The van der Waals surface area contributed by atoms with Crippen molar-refractivity contribution in [2.45, 2.75) is 24.8 Å². The van der Waals surface area contributed by atoms with E-state index in [1.165, 1.54) is 29.2 Å². The zero-order chi connectivity index (χ0) is 17.2. The van der Waals surface area contributed by atoms with Crippen LogP contribution in [-0.4, -0.2) is 42.3 Å². The van der Waals surface area contributed by atoms with Crippen LogP contribution in [0.5, 0.6) is 11.8 Å². The predicted molar refractivity (Wildman–Crippen MR) is 82.4 cm³/mol. The third kappa shape index (κ3) is 3.04. The molecule has 128 valence electrons. The molecule has 3 heterocycles. The maximum absolute atomic E-state index is 12.5. The number of nitrogens with one attached hydrogen (secondary N) is 1. The smallest absolute Gasteiger partial charge is 0.272 e. The molecular weight excluding hydrogens is 336 g/mol. The van der Waals surface area contributed by atoms with Gasteiger partial charge in [-0.15, -0.1) is 0 Å². The van der Waals surface area contributed by atoms with Gasteiger partial charge in [0.1, 0.15) is 10.5 Å². The normalized spacial score (nSPS) is 13.7. The van der Waals surface area contributed by atoms with Crippen LogP contribution in [0.15, 0.2) is 29.4 Å². The monoisotopic (exact) mass is 352 g/mol. The molecule has 0 fully saturated rings. The van der Waals surface area contributed by atoms with Crippen molar-refractivity contribution < 1.29 is 22.7 Å². The number of aryl methyl sites for hydroxylation is 1. The highest BCUT2D eigenvalue weighted by Crippen LogP contribution is 2.24. The van der Waals surface area contributed by atoms with Gasteiger partial charge in [0, 0.05) is 19.2 Å². The van der Waals surface area contributed by atoms with Crippen LogP contribution in [0, 0.1) is 0 Å². The average molecular weight is 352 g/mol. The highest BCUT2D eigenvalue weighted by Gasteiger charge is 2.28. The fraction of sp³-hybridized carbons (Fsp3) is 0.357. The molecule has 0 radical (unpaired) electrons. The summed E-state index contributed by atoms with van der Waals surface area (Å²) in [4.78, 5) is 16.0. The van der Waals surface area contributed by atoms with E-state index >= 15 is 0 Å². The molecule has 2 aromatic heterocycles. The van der Waals surface area contributed by atoms with Gasteiger partial charge in [0.25, 0.3) is 15.9 Å². The van der Waals surface area contributed by atoms with Gasteiger partial charge in [-0.25, -0.2) is 22.8 Å². The van der Waals surface area contributed by atoms with Crippen LogP contribution < -0.4 is 14.2 Å². The molecule has 10 heteroatoms.